The average Bonchev–Trinajstić information content (AvgIpc) is 2.79. The van der Waals surface area contributed by atoms with Gasteiger partial charge in [0.25, 0.3) is 0 Å². The van der Waals surface area contributed by atoms with Gasteiger partial charge in [0.1, 0.15) is 0 Å². The van der Waals surface area contributed by atoms with E-state index in [0.29, 0.717) is 5.56 Å². The third-order valence-electron chi connectivity index (χ3n) is 5.38. The summed E-state index contributed by atoms with van der Waals surface area (Å²) >= 11 is 3.64. The Morgan fingerprint density at radius 1 is 0.900 bits per heavy atom. The number of benzene rings is 3. The maximum absolute atomic E-state index is 12.9. The van der Waals surface area contributed by atoms with Crippen molar-refractivity contribution in [2.24, 2.45) is 0 Å². The molecule has 3 aromatic rings. The molecule has 0 unspecified atom stereocenters. The summed E-state index contributed by atoms with van der Waals surface area (Å²) < 4.78 is 45.3. The number of halogens is 4. The molecule has 0 saturated heterocycles. The van der Waals surface area contributed by atoms with E-state index in [0.717, 1.165) is 44.1 Å². The Morgan fingerprint density at radius 3 is 2.37 bits per heavy atom. The van der Waals surface area contributed by atoms with Gasteiger partial charge in [0.05, 0.1) is 17.4 Å². The minimum atomic E-state index is -4.29. The lowest BCUT2D eigenvalue weighted by molar-refractivity contribution is -0.137. The highest BCUT2D eigenvalue weighted by Crippen LogP contribution is 2.32. The summed E-state index contributed by atoms with van der Waals surface area (Å²) in [6.07, 6.45) is -0.479. The molecule has 1 N–H and O–H groups in total. The molecule has 0 spiro atoms. The Morgan fingerprint density at radius 2 is 1.67 bits per heavy atom. The Kier molecular flexibility index (Phi) is 7.53. The van der Waals surface area contributed by atoms with E-state index in [-0.39, 0.29) is 0 Å². The summed E-state index contributed by atoms with van der Waals surface area (Å²) in [4.78, 5) is 2.35. The molecule has 4 rings (SSSR count). The number of alkyl halides is 3. The van der Waals surface area contributed by atoms with Crippen molar-refractivity contribution in [2.45, 2.75) is 19.0 Å². The Hall–Kier alpha value is -2.34. The number of rotatable bonds is 4. The molecule has 0 aromatic heterocycles. The van der Waals surface area contributed by atoms with Crippen LogP contribution in [0.3, 0.4) is 0 Å². The lowest BCUT2D eigenvalue weighted by Crippen LogP contribution is -2.30. The molecule has 0 amide bonds. The van der Waals surface area contributed by atoms with Gasteiger partial charge in [-0.2, -0.15) is 13.2 Å². The van der Waals surface area contributed by atoms with Crippen molar-refractivity contribution in [1.29, 1.82) is 0 Å². The molecular formula is C24H23ClF3NO. The van der Waals surface area contributed by atoms with Crippen LogP contribution >= 0.6 is 11.9 Å². The third-order valence-corrected chi connectivity index (χ3v) is 5.38. The lowest BCUT2D eigenvalue weighted by atomic mass is 9.97. The molecule has 0 radical (unpaired) electrons. The largest absolute Gasteiger partial charge is 0.416 e. The predicted molar refractivity (Wildman–Crippen MR) is 116 cm³/mol. The van der Waals surface area contributed by atoms with Gasteiger partial charge in [-0.3, -0.25) is 9.56 Å². The fourth-order valence-corrected chi connectivity index (χ4v) is 3.75. The van der Waals surface area contributed by atoms with Crippen LogP contribution in [-0.2, 0) is 12.6 Å². The van der Waals surface area contributed by atoms with E-state index < -0.39 is 11.7 Å². The lowest BCUT2D eigenvalue weighted by Gasteiger charge is -2.26. The smallest absolute Gasteiger partial charge is 0.299 e. The molecule has 0 atom stereocenters. The summed E-state index contributed by atoms with van der Waals surface area (Å²) in [6, 6.07) is 20.6. The van der Waals surface area contributed by atoms with Crippen LogP contribution in [0.15, 0.2) is 72.8 Å². The fraction of sp³-hybridized carbons (Fsp3) is 0.250. The van der Waals surface area contributed by atoms with Gasteiger partial charge in [-0.05, 0) is 52.4 Å². The standard InChI is InChI=1S/C24H22F3N.ClHO/c25-24(26,27)23-7-3-6-22(17-23)20-11-14-28(15-12-20)13-10-18-8-9-19-4-1-2-5-21(19)16-18;1-2/h1-9,11,16-17H,10,12-15H2;2H. The van der Waals surface area contributed by atoms with Crippen molar-refractivity contribution in [1.82, 2.24) is 4.90 Å². The molecule has 1 aliphatic rings. The van der Waals surface area contributed by atoms with Crippen LogP contribution in [0, 0.1) is 0 Å². The molecule has 1 heterocycles. The van der Waals surface area contributed by atoms with Gasteiger partial charge >= 0.3 is 6.18 Å². The van der Waals surface area contributed by atoms with Gasteiger partial charge in [-0.15, -0.1) is 0 Å². The SMILES string of the molecule is FC(F)(F)c1cccc(C2=CCN(CCc3ccc4ccccc4c3)CC2)c1.OCl. The summed E-state index contributed by atoms with van der Waals surface area (Å²) in [7, 11) is 0. The van der Waals surface area contributed by atoms with Crippen LogP contribution in [0.1, 0.15) is 23.1 Å². The van der Waals surface area contributed by atoms with Crippen molar-refractivity contribution >= 4 is 28.2 Å². The molecule has 6 heteroatoms. The van der Waals surface area contributed by atoms with Gasteiger partial charge in [0, 0.05) is 19.6 Å². The Bertz CT molecular complexity index is 1020. The molecular weight excluding hydrogens is 411 g/mol. The highest BCUT2D eigenvalue weighted by Gasteiger charge is 2.30. The van der Waals surface area contributed by atoms with Crippen molar-refractivity contribution in [3.8, 4) is 0 Å². The zero-order valence-corrected chi connectivity index (χ0v) is 17.1. The van der Waals surface area contributed by atoms with Gasteiger partial charge in [0.2, 0.25) is 0 Å². The first kappa shape index (κ1) is 22.3. The first-order valence-electron chi connectivity index (χ1n) is 9.73. The molecule has 3 aromatic carbocycles. The summed E-state index contributed by atoms with van der Waals surface area (Å²) in [5, 5.41) is 2.50. The molecule has 1 aliphatic heterocycles. The summed E-state index contributed by atoms with van der Waals surface area (Å²) in [5.74, 6) is 0. The minimum absolute atomic E-state index is 0.579. The average molecular weight is 434 g/mol. The number of nitrogens with zero attached hydrogens (tertiary/aromatic N) is 1. The topological polar surface area (TPSA) is 23.5 Å². The van der Waals surface area contributed by atoms with Crippen molar-refractivity contribution < 1.29 is 17.8 Å². The molecule has 158 valence electrons. The summed E-state index contributed by atoms with van der Waals surface area (Å²) in [5.41, 5.74) is 2.42. The zero-order valence-electron chi connectivity index (χ0n) is 16.4. The van der Waals surface area contributed by atoms with Crippen molar-refractivity contribution in [3.63, 3.8) is 0 Å². The van der Waals surface area contributed by atoms with Crippen LogP contribution in [-0.4, -0.2) is 29.2 Å². The molecule has 0 aliphatic carbocycles. The van der Waals surface area contributed by atoms with Gasteiger partial charge < -0.3 is 0 Å². The van der Waals surface area contributed by atoms with Crippen LogP contribution in [0.2, 0.25) is 0 Å². The zero-order chi connectivity index (χ0) is 21.6. The van der Waals surface area contributed by atoms with E-state index in [4.69, 9.17) is 4.66 Å². The second-order valence-electron chi connectivity index (χ2n) is 7.29. The first-order chi connectivity index (χ1) is 14.5. The quantitative estimate of drug-likeness (QED) is 0.520. The minimum Gasteiger partial charge on any atom is -0.299 e. The van der Waals surface area contributed by atoms with E-state index >= 15 is 0 Å². The van der Waals surface area contributed by atoms with E-state index in [9.17, 15) is 13.2 Å². The van der Waals surface area contributed by atoms with Crippen LogP contribution in [0.25, 0.3) is 16.3 Å². The highest BCUT2D eigenvalue weighted by atomic mass is 35.5. The molecule has 2 nitrogen and oxygen atoms in total. The van der Waals surface area contributed by atoms with Crippen molar-refractivity contribution in [2.75, 3.05) is 19.6 Å². The maximum atomic E-state index is 12.9. The second kappa shape index (κ2) is 10.1. The maximum Gasteiger partial charge on any atom is 0.416 e. The number of hydrogen-bond acceptors (Lipinski definition) is 2. The fourth-order valence-electron chi connectivity index (χ4n) is 3.75. The molecule has 0 fully saturated rings. The number of fused-ring (bicyclic) bond motifs is 1. The van der Waals surface area contributed by atoms with Gasteiger partial charge in [-0.1, -0.05) is 60.7 Å². The van der Waals surface area contributed by atoms with Crippen molar-refractivity contribution in [3.05, 3.63) is 89.5 Å². The van der Waals surface area contributed by atoms with Gasteiger partial charge in [-0.25, -0.2) is 0 Å². The highest BCUT2D eigenvalue weighted by molar-refractivity contribution is 6.04. The molecule has 0 saturated carbocycles. The molecule has 0 bridgehead atoms. The monoisotopic (exact) mass is 433 g/mol. The Labute approximate surface area is 179 Å². The van der Waals surface area contributed by atoms with E-state index in [1.54, 1.807) is 6.07 Å². The predicted octanol–water partition coefficient (Wildman–Crippen LogP) is 6.32. The van der Waals surface area contributed by atoms with Crippen LogP contribution in [0.4, 0.5) is 13.2 Å². The second-order valence-corrected chi connectivity index (χ2v) is 7.29. The van der Waals surface area contributed by atoms with E-state index in [2.05, 4.69) is 59.2 Å². The van der Waals surface area contributed by atoms with E-state index in [1.165, 1.54) is 28.5 Å². The summed E-state index contributed by atoms with van der Waals surface area (Å²) in [6.45, 7) is 2.60. The van der Waals surface area contributed by atoms with Crippen LogP contribution < -0.4 is 0 Å². The molecule has 30 heavy (non-hydrogen) atoms. The van der Waals surface area contributed by atoms with Gasteiger partial charge in [0.15, 0.2) is 0 Å². The third kappa shape index (κ3) is 5.63. The Balaban J connectivity index is 0.00000124. The normalized spacial score (nSPS) is 14.8. The van der Waals surface area contributed by atoms with E-state index in [1.807, 2.05) is 6.07 Å². The van der Waals surface area contributed by atoms with Crippen LogP contribution in [0.5, 0.6) is 0 Å². The first-order valence-corrected chi connectivity index (χ1v) is 10.1. The number of hydrogen-bond donors (Lipinski definition) is 1.